The molecule has 0 aliphatic carbocycles. The van der Waals surface area contributed by atoms with Crippen LogP contribution in [-0.4, -0.2) is 52.1 Å². The number of carbonyl (C=O) groups is 3. The van der Waals surface area contributed by atoms with Gasteiger partial charge in [-0.2, -0.15) is 5.10 Å². The van der Waals surface area contributed by atoms with E-state index in [0.29, 0.717) is 11.4 Å². The van der Waals surface area contributed by atoms with Gasteiger partial charge in [-0.05, 0) is 42.8 Å². The summed E-state index contributed by atoms with van der Waals surface area (Å²) in [5.74, 6) is -1.47. The van der Waals surface area contributed by atoms with Gasteiger partial charge in [0, 0.05) is 24.4 Å². The molecule has 0 radical (unpaired) electrons. The summed E-state index contributed by atoms with van der Waals surface area (Å²) in [6.07, 6.45) is 3.33. The van der Waals surface area contributed by atoms with E-state index in [9.17, 15) is 14.4 Å². The molecule has 2 N–H and O–H groups in total. The van der Waals surface area contributed by atoms with Crippen molar-refractivity contribution in [1.82, 2.24) is 25.6 Å². The molecule has 0 bridgehead atoms. The predicted octanol–water partition coefficient (Wildman–Crippen LogP) is 2.92. The van der Waals surface area contributed by atoms with Crippen molar-refractivity contribution in [2.24, 2.45) is 0 Å². The third-order valence-electron chi connectivity index (χ3n) is 5.66. The third-order valence-corrected chi connectivity index (χ3v) is 5.66. The standard InChI is InChI=1S/C28H27N5O5/c1-3-38-32-28(36)25(34)24(18-19-11-13-21(37-2)14-12-19)30-27(35)22-10-7-16-29-26(22)33-17-15-23(31-33)20-8-5-4-6-9-20/h4-17,24H,3,18H2,1-2H3,(H,30,35)(H,32,36). The molecule has 10 nitrogen and oxygen atoms in total. The van der Waals surface area contributed by atoms with Gasteiger partial charge >= 0.3 is 5.91 Å². The number of pyridine rings is 1. The summed E-state index contributed by atoms with van der Waals surface area (Å²) < 4.78 is 6.68. The van der Waals surface area contributed by atoms with Crippen LogP contribution in [0.15, 0.2) is 85.2 Å². The Kier molecular flexibility index (Phi) is 8.57. The molecule has 0 saturated heterocycles. The SMILES string of the molecule is CCONC(=O)C(=O)C(Cc1ccc(OC)cc1)NC(=O)c1cccnc1-n1ccc(-c2ccccc2)n1. The summed E-state index contributed by atoms with van der Waals surface area (Å²) in [5, 5.41) is 7.27. The molecule has 1 atom stereocenters. The Morgan fingerprint density at radius 1 is 0.974 bits per heavy atom. The molecule has 2 aromatic carbocycles. The van der Waals surface area contributed by atoms with Gasteiger partial charge in [-0.25, -0.2) is 15.1 Å². The fraction of sp³-hybridized carbons (Fsp3) is 0.179. The van der Waals surface area contributed by atoms with Crippen LogP contribution in [0.3, 0.4) is 0 Å². The summed E-state index contributed by atoms with van der Waals surface area (Å²) in [5.41, 5.74) is 4.64. The number of nitrogens with zero attached hydrogens (tertiary/aromatic N) is 3. The van der Waals surface area contributed by atoms with Crippen molar-refractivity contribution in [1.29, 1.82) is 0 Å². The lowest BCUT2D eigenvalue weighted by Gasteiger charge is -2.18. The second-order valence-electron chi connectivity index (χ2n) is 8.19. The van der Waals surface area contributed by atoms with Crippen molar-refractivity contribution in [2.45, 2.75) is 19.4 Å². The number of ether oxygens (including phenoxy) is 1. The highest BCUT2D eigenvalue weighted by atomic mass is 16.6. The zero-order valence-electron chi connectivity index (χ0n) is 21.0. The number of rotatable bonds is 11. The van der Waals surface area contributed by atoms with Crippen LogP contribution in [0.2, 0.25) is 0 Å². The smallest absolute Gasteiger partial charge is 0.313 e. The highest BCUT2D eigenvalue weighted by molar-refractivity contribution is 6.38. The number of methoxy groups -OCH3 is 1. The minimum absolute atomic E-state index is 0.0730. The molecule has 10 heteroatoms. The van der Waals surface area contributed by atoms with E-state index in [1.807, 2.05) is 36.4 Å². The molecule has 2 aromatic heterocycles. The van der Waals surface area contributed by atoms with Gasteiger partial charge in [-0.1, -0.05) is 42.5 Å². The van der Waals surface area contributed by atoms with Crippen molar-refractivity contribution in [2.75, 3.05) is 13.7 Å². The summed E-state index contributed by atoms with van der Waals surface area (Å²) in [6, 6.07) is 20.4. The van der Waals surface area contributed by atoms with Gasteiger partial charge in [0.05, 0.1) is 25.0 Å². The number of nitrogens with one attached hydrogen (secondary N) is 2. The normalized spacial score (nSPS) is 11.4. The minimum Gasteiger partial charge on any atom is -0.497 e. The molecular weight excluding hydrogens is 486 g/mol. The molecular formula is C28H27N5O5. The number of hydroxylamine groups is 1. The predicted molar refractivity (Wildman–Crippen MR) is 140 cm³/mol. The van der Waals surface area contributed by atoms with Crippen molar-refractivity contribution < 1.29 is 24.0 Å². The maximum Gasteiger partial charge on any atom is 0.313 e. The quantitative estimate of drug-likeness (QED) is 0.233. The molecule has 194 valence electrons. The first-order valence-electron chi connectivity index (χ1n) is 12.0. The molecule has 0 aliphatic heterocycles. The van der Waals surface area contributed by atoms with Crippen molar-refractivity contribution in [3.05, 3.63) is 96.3 Å². The monoisotopic (exact) mass is 513 g/mol. The van der Waals surface area contributed by atoms with Crippen molar-refractivity contribution >= 4 is 17.6 Å². The van der Waals surface area contributed by atoms with Gasteiger partial charge in [0.15, 0.2) is 5.82 Å². The topological polar surface area (TPSA) is 124 Å². The molecule has 0 fully saturated rings. The fourth-order valence-corrected chi connectivity index (χ4v) is 3.75. The Bertz CT molecular complexity index is 1400. The van der Waals surface area contributed by atoms with Crippen LogP contribution >= 0.6 is 0 Å². The Balaban J connectivity index is 1.60. The van der Waals surface area contributed by atoms with E-state index >= 15 is 0 Å². The van der Waals surface area contributed by atoms with Crippen molar-refractivity contribution in [3.8, 4) is 22.8 Å². The number of ketones is 1. The molecule has 2 amide bonds. The van der Waals surface area contributed by atoms with Gasteiger partial charge in [0.25, 0.3) is 5.91 Å². The summed E-state index contributed by atoms with van der Waals surface area (Å²) in [4.78, 5) is 48.0. The van der Waals surface area contributed by atoms with Crippen LogP contribution in [0.4, 0.5) is 0 Å². The molecule has 4 rings (SSSR count). The first kappa shape index (κ1) is 26.2. The average molecular weight is 514 g/mol. The van der Waals surface area contributed by atoms with Crippen LogP contribution in [0, 0.1) is 0 Å². The average Bonchev–Trinajstić information content (AvgIpc) is 3.46. The van der Waals surface area contributed by atoms with E-state index in [-0.39, 0.29) is 24.4 Å². The van der Waals surface area contributed by atoms with E-state index in [1.165, 1.54) is 4.68 Å². The number of carbonyl (C=O) groups excluding carboxylic acids is 3. The molecule has 0 aliphatic rings. The van der Waals surface area contributed by atoms with Crippen LogP contribution in [0.1, 0.15) is 22.8 Å². The second kappa shape index (κ2) is 12.4. The number of amides is 2. The summed E-state index contributed by atoms with van der Waals surface area (Å²) in [6.45, 7) is 1.85. The second-order valence-corrected chi connectivity index (χ2v) is 8.19. The lowest BCUT2D eigenvalue weighted by Crippen LogP contribution is -2.48. The minimum atomic E-state index is -1.16. The Morgan fingerprint density at radius 2 is 1.74 bits per heavy atom. The lowest BCUT2D eigenvalue weighted by molar-refractivity contribution is -0.146. The maximum atomic E-state index is 13.4. The van der Waals surface area contributed by atoms with Crippen LogP contribution in [0.25, 0.3) is 17.1 Å². The highest BCUT2D eigenvalue weighted by Crippen LogP contribution is 2.19. The summed E-state index contributed by atoms with van der Waals surface area (Å²) in [7, 11) is 1.55. The van der Waals surface area contributed by atoms with Crippen LogP contribution in [-0.2, 0) is 20.8 Å². The Morgan fingerprint density at radius 3 is 2.45 bits per heavy atom. The van der Waals surface area contributed by atoms with Crippen molar-refractivity contribution in [3.63, 3.8) is 0 Å². The first-order valence-corrected chi connectivity index (χ1v) is 12.0. The van der Waals surface area contributed by atoms with E-state index in [4.69, 9.17) is 9.57 Å². The van der Waals surface area contributed by atoms with Gasteiger partial charge in [-0.15, -0.1) is 0 Å². The van der Waals surface area contributed by atoms with Gasteiger partial charge in [0.2, 0.25) is 5.78 Å². The Hall–Kier alpha value is -4.83. The lowest BCUT2D eigenvalue weighted by atomic mass is 10.0. The molecule has 0 saturated carbocycles. The molecule has 1 unspecified atom stereocenters. The van der Waals surface area contributed by atoms with Crippen LogP contribution < -0.4 is 15.5 Å². The maximum absolute atomic E-state index is 13.4. The van der Waals surface area contributed by atoms with Gasteiger partial charge in [0.1, 0.15) is 11.8 Å². The third kappa shape index (κ3) is 6.29. The van der Waals surface area contributed by atoms with E-state index in [0.717, 1.165) is 11.1 Å². The first-order chi connectivity index (χ1) is 18.5. The number of aromatic nitrogens is 3. The number of Topliss-reactive ketones (excluding diaryl/α,β-unsaturated/α-hetero) is 1. The largest absolute Gasteiger partial charge is 0.497 e. The molecule has 2 heterocycles. The van der Waals surface area contributed by atoms with E-state index in [1.54, 1.807) is 62.8 Å². The Labute approximate surface area is 219 Å². The van der Waals surface area contributed by atoms with Gasteiger partial charge < -0.3 is 10.1 Å². The van der Waals surface area contributed by atoms with E-state index in [2.05, 4.69) is 20.9 Å². The fourth-order valence-electron chi connectivity index (χ4n) is 3.75. The van der Waals surface area contributed by atoms with Gasteiger partial charge in [-0.3, -0.25) is 19.2 Å². The highest BCUT2D eigenvalue weighted by Gasteiger charge is 2.29. The number of hydrogen-bond acceptors (Lipinski definition) is 7. The number of benzene rings is 2. The zero-order valence-corrected chi connectivity index (χ0v) is 21.0. The molecule has 38 heavy (non-hydrogen) atoms. The molecule has 4 aromatic rings. The summed E-state index contributed by atoms with van der Waals surface area (Å²) >= 11 is 0. The number of hydrogen-bond donors (Lipinski definition) is 2. The zero-order chi connectivity index (χ0) is 26.9. The molecule has 0 spiro atoms. The van der Waals surface area contributed by atoms with Crippen LogP contribution in [0.5, 0.6) is 5.75 Å². The van der Waals surface area contributed by atoms with E-state index < -0.39 is 23.6 Å².